The fraction of sp³-hybridized carbons (Fsp3) is 0.467. The van der Waals surface area contributed by atoms with E-state index >= 15 is 0 Å². The lowest BCUT2D eigenvalue weighted by atomic mass is 9.91. The second-order valence-corrected chi connectivity index (χ2v) is 4.86. The molecule has 0 fully saturated rings. The van der Waals surface area contributed by atoms with Crippen molar-refractivity contribution in [1.29, 1.82) is 0 Å². The van der Waals surface area contributed by atoms with Gasteiger partial charge in [0.2, 0.25) is 0 Å². The van der Waals surface area contributed by atoms with Gasteiger partial charge in [-0.1, -0.05) is 17.7 Å². The first-order chi connectivity index (χ1) is 8.90. The second kappa shape index (κ2) is 6.48. The third-order valence-electron chi connectivity index (χ3n) is 3.21. The zero-order valence-corrected chi connectivity index (χ0v) is 11.9. The predicted molar refractivity (Wildman–Crippen MR) is 74.2 cm³/mol. The molecule has 2 N–H and O–H groups in total. The quantitative estimate of drug-likeness (QED) is 0.651. The van der Waals surface area contributed by atoms with Gasteiger partial charge in [0.05, 0.1) is 13.0 Å². The third kappa shape index (κ3) is 3.64. The highest BCUT2D eigenvalue weighted by Crippen LogP contribution is 2.20. The third-order valence-corrected chi connectivity index (χ3v) is 3.21. The Hall–Kier alpha value is -1.68. The summed E-state index contributed by atoms with van der Waals surface area (Å²) in [6.07, 6.45) is 0.0912. The van der Waals surface area contributed by atoms with Gasteiger partial charge in [0.15, 0.2) is 5.78 Å². The number of esters is 1. The molecule has 1 rings (SSSR count). The van der Waals surface area contributed by atoms with Crippen LogP contribution in [0.15, 0.2) is 12.1 Å². The molecule has 0 bridgehead atoms. The highest BCUT2D eigenvalue weighted by Gasteiger charge is 2.23. The number of Topliss-reactive ketones (excluding diaryl/α,β-unsaturated/α-hetero) is 1. The summed E-state index contributed by atoms with van der Waals surface area (Å²) in [5.74, 6) is -1.06. The van der Waals surface area contributed by atoms with E-state index in [1.54, 1.807) is 0 Å². The number of hydrogen-bond donors (Lipinski definition) is 1. The van der Waals surface area contributed by atoms with Crippen molar-refractivity contribution in [3.63, 3.8) is 0 Å². The zero-order chi connectivity index (χ0) is 14.6. The molecule has 0 aromatic heterocycles. The fourth-order valence-corrected chi connectivity index (χ4v) is 2.38. The van der Waals surface area contributed by atoms with Gasteiger partial charge in [0.25, 0.3) is 0 Å². The molecule has 1 aromatic carbocycles. The van der Waals surface area contributed by atoms with Crippen molar-refractivity contribution >= 4 is 11.8 Å². The molecule has 4 heteroatoms. The van der Waals surface area contributed by atoms with Gasteiger partial charge in [-0.3, -0.25) is 9.59 Å². The lowest BCUT2D eigenvalue weighted by Gasteiger charge is -2.14. The smallest absolute Gasteiger partial charge is 0.310 e. The standard InChI is InChI=1S/C15H21NO3/c1-9-5-10(2)14(11(3)6-9)13(17)7-12(8-16)15(18)19-4/h5-6,12H,7-8,16H2,1-4H3/t12-/m0/s1. The van der Waals surface area contributed by atoms with Gasteiger partial charge in [-0.25, -0.2) is 0 Å². The summed E-state index contributed by atoms with van der Waals surface area (Å²) in [4.78, 5) is 23.8. The highest BCUT2D eigenvalue weighted by molar-refractivity contribution is 6.00. The molecule has 0 spiro atoms. The van der Waals surface area contributed by atoms with Crippen molar-refractivity contribution in [1.82, 2.24) is 0 Å². The first kappa shape index (κ1) is 15.4. The molecule has 0 unspecified atom stereocenters. The minimum Gasteiger partial charge on any atom is -0.469 e. The van der Waals surface area contributed by atoms with Gasteiger partial charge in [-0.2, -0.15) is 0 Å². The number of carbonyl (C=O) groups excluding carboxylic acids is 2. The van der Waals surface area contributed by atoms with E-state index in [9.17, 15) is 9.59 Å². The van der Waals surface area contributed by atoms with Crippen LogP contribution in [0.1, 0.15) is 33.5 Å². The number of hydrogen-bond acceptors (Lipinski definition) is 4. The Balaban J connectivity index is 2.98. The zero-order valence-electron chi connectivity index (χ0n) is 11.9. The van der Waals surface area contributed by atoms with Gasteiger partial charge < -0.3 is 10.5 Å². The van der Waals surface area contributed by atoms with E-state index in [1.165, 1.54) is 7.11 Å². The first-order valence-corrected chi connectivity index (χ1v) is 6.29. The normalized spacial score (nSPS) is 12.1. The number of ketones is 1. The lowest BCUT2D eigenvalue weighted by Crippen LogP contribution is -2.27. The Morgan fingerprint density at radius 3 is 2.16 bits per heavy atom. The van der Waals surface area contributed by atoms with E-state index in [4.69, 9.17) is 5.73 Å². The molecule has 0 amide bonds. The molecule has 0 aliphatic heterocycles. The van der Waals surface area contributed by atoms with Gasteiger partial charge >= 0.3 is 5.97 Å². The predicted octanol–water partition coefficient (Wildman–Crippen LogP) is 1.93. The van der Waals surface area contributed by atoms with Crippen LogP contribution >= 0.6 is 0 Å². The maximum Gasteiger partial charge on any atom is 0.310 e. The Morgan fingerprint density at radius 2 is 1.74 bits per heavy atom. The van der Waals surface area contributed by atoms with Crippen molar-refractivity contribution < 1.29 is 14.3 Å². The number of benzene rings is 1. The maximum atomic E-state index is 12.3. The Kier molecular flexibility index (Phi) is 5.24. The molecule has 0 saturated carbocycles. The van der Waals surface area contributed by atoms with E-state index in [0.717, 1.165) is 16.7 Å². The van der Waals surface area contributed by atoms with Crippen molar-refractivity contribution in [2.45, 2.75) is 27.2 Å². The van der Waals surface area contributed by atoms with Crippen LogP contribution in [0.2, 0.25) is 0 Å². The van der Waals surface area contributed by atoms with Gasteiger partial charge in [-0.15, -0.1) is 0 Å². The average molecular weight is 263 g/mol. The van der Waals surface area contributed by atoms with Crippen LogP contribution in [0.25, 0.3) is 0 Å². The molecular formula is C15H21NO3. The van der Waals surface area contributed by atoms with E-state index in [1.807, 2.05) is 32.9 Å². The summed E-state index contributed by atoms with van der Waals surface area (Å²) in [7, 11) is 1.30. The number of methoxy groups -OCH3 is 1. The van der Waals surface area contributed by atoms with Crippen LogP contribution in [0, 0.1) is 26.7 Å². The Morgan fingerprint density at radius 1 is 1.21 bits per heavy atom. The second-order valence-electron chi connectivity index (χ2n) is 4.86. The molecule has 0 aliphatic carbocycles. The van der Waals surface area contributed by atoms with Crippen molar-refractivity contribution in [3.8, 4) is 0 Å². The number of nitrogens with two attached hydrogens (primary N) is 1. The minimum atomic E-state index is -0.572. The van der Waals surface area contributed by atoms with Crippen molar-refractivity contribution in [2.75, 3.05) is 13.7 Å². The molecule has 1 aromatic rings. The average Bonchev–Trinajstić information content (AvgIpc) is 2.33. The summed E-state index contributed by atoms with van der Waals surface area (Å²) in [5.41, 5.74) is 9.20. The molecule has 0 radical (unpaired) electrons. The van der Waals surface area contributed by atoms with E-state index < -0.39 is 11.9 Å². The first-order valence-electron chi connectivity index (χ1n) is 6.29. The summed E-state index contributed by atoms with van der Waals surface area (Å²) in [6, 6.07) is 3.94. The van der Waals surface area contributed by atoms with Crippen molar-refractivity contribution in [2.24, 2.45) is 11.7 Å². The fourth-order valence-electron chi connectivity index (χ4n) is 2.38. The Bertz CT molecular complexity index is 471. The SMILES string of the molecule is COC(=O)[C@H](CN)CC(=O)c1c(C)cc(C)cc1C. The number of rotatable bonds is 5. The van der Waals surface area contributed by atoms with Crippen LogP contribution in [0.4, 0.5) is 0 Å². The maximum absolute atomic E-state index is 12.3. The number of ether oxygens (including phenoxy) is 1. The summed E-state index contributed by atoms with van der Waals surface area (Å²) >= 11 is 0. The van der Waals surface area contributed by atoms with Crippen molar-refractivity contribution in [3.05, 3.63) is 34.4 Å². The van der Waals surface area contributed by atoms with Crippen LogP contribution in [-0.4, -0.2) is 25.4 Å². The van der Waals surface area contributed by atoms with Crippen LogP contribution in [0.3, 0.4) is 0 Å². The number of aryl methyl sites for hydroxylation is 3. The Labute approximate surface area is 113 Å². The molecule has 1 atom stereocenters. The summed E-state index contributed by atoms with van der Waals surface area (Å²) < 4.78 is 4.65. The van der Waals surface area contributed by atoms with Crippen LogP contribution in [-0.2, 0) is 9.53 Å². The molecule has 0 heterocycles. The molecular weight excluding hydrogens is 242 g/mol. The molecule has 0 aliphatic rings. The lowest BCUT2D eigenvalue weighted by molar-refractivity contribution is -0.145. The van der Waals surface area contributed by atoms with Crippen LogP contribution in [0.5, 0.6) is 0 Å². The van der Waals surface area contributed by atoms with E-state index in [0.29, 0.717) is 5.56 Å². The minimum absolute atomic E-state index is 0.0594. The largest absolute Gasteiger partial charge is 0.469 e. The summed E-state index contributed by atoms with van der Waals surface area (Å²) in [6.45, 7) is 5.92. The van der Waals surface area contributed by atoms with Crippen LogP contribution < -0.4 is 5.73 Å². The molecule has 19 heavy (non-hydrogen) atoms. The number of carbonyl (C=O) groups is 2. The topological polar surface area (TPSA) is 69.4 Å². The van der Waals surface area contributed by atoms with Gasteiger partial charge in [-0.05, 0) is 31.9 Å². The summed E-state index contributed by atoms with van der Waals surface area (Å²) in [5, 5.41) is 0. The van der Waals surface area contributed by atoms with E-state index in [-0.39, 0.29) is 18.7 Å². The van der Waals surface area contributed by atoms with Gasteiger partial charge in [0.1, 0.15) is 0 Å². The molecule has 104 valence electrons. The highest BCUT2D eigenvalue weighted by atomic mass is 16.5. The molecule has 0 saturated heterocycles. The van der Waals surface area contributed by atoms with E-state index in [2.05, 4.69) is 4.74 Å². The monoisotopic (exact) mass is 263 g/mol. The molecule has 4 nitrogen and oxygen atoms in total. The van der Waals surface area contributed by atoms with Gasteiger partial charge in [0, 0.05) is 18.5 Å².